The fourth-order valence-corrected chi connectivity index (χ4v) is 3.19. The van der Waals surface area contributed by atoms with Crippen molar-refractivity contribution in [3.8, 4) is 0 Å². The molecule has 1 aliphatic heterocycles. The van der Waals surface area contributed by atoms with Gasteiger partial charge in [-0.05, 0) is 44.5 Å². The molecule has 7 nitrogen and oxygen atoms in total. The molecule has 0 bridgehead atoms. The molecule has 4 N–H and O–H groups in total. The molecule has 1 fully saturated rings. The highest BCUT2D eigenvalue weighted by atomic mass is 35.5. The number of amides is 2. The number of anilines is 1. The second kappa shape index (κ2) is 10.1. The largest absolute Gasteiger partial charge is 0.348 e. The van der Waals surface area contributed by atoms with Gasteiger partial charge in [0.25, 0.3) is 11.8 Å². The summed E-state index contributed by atoms with van der Waals surface area (Å²) in [6, 6.07) is 5.36. The molecule has 0 atom stereocenters. The summed E-state index contributed by atoms with van der Waals surface area (Å²) in [5.74, 6) is -0.656. The van der Waals surface area contributed by atoms with Crippen molar-refractivity contribution in [2.75, 3.05) is 18.4 Å². The van der Waals surface area contributed by atoms with Crippen molar-refractivity contribution in [1.82, 2.24) is 20.8 Å². The summed E-state index contributed by atoms with van der Waals surface area (Å²) in [6.45, 7) is 7.56. The zero-order valence-corrected chi connectivity index (χ0v) is 16.6. The van der Waals surface area contributed by atoms with Gasteiger partial charge >= 0.3 is 0 Å². The van der Waals surface area contributed by atoms with Gasteiger partial charge in [0.05, 0.1) is 22.5 Å². The molecule has 0 aliphatic carbocycles. The summed E-state index contributed by atoms with van der Waals surface area (Å²) in [6.07, 6.45) is 3.17. The van der Waals surface area contributed by atoms with Gasteiger partial charge in [-0.1, -0.05) is 37.6 Å². The van der Waals surface area contributed by atoms with Gasteiger partial charge < -0.3 is 16.0 Å². The topological polar surface area (TPSA) is 98.9 Å². The summed E-state index contributed by atoms with van der Waals surface area (Å²) in [5.41, 5.74) is 1.71. The zero-order chi connectivity index (χ0) is 19.8. The third-order valence-corrected chi connectivity index (χ3v) is 4.55. The van der Waals surface area contributed by atoms with Crippen molar-refractivity contribution in [2.24, 2.45) is 0 Å². The molecule has 0 unspecified atom stereocenters. The van der Waals surface area contributed by atoms with E-state index in [-0.39, 0.29) is 23.6 Å². The summed E-state index contributed by atoms with van der Waals surface area (Å²) in [7, 11) is 0. The maximum absolute atomic E-state index is 12.5. The summed E-state index contributed by atoms with van der Waals surface area (Å²) in [4.78, 5) is 25.0. The Morgan fingerprint density at radius 2 is 1.89 bits per heavy atom. The van der Waals surface area contributed by atoms with E-state index in [2.05, 4.69) is 26.1 Å². The highest BCUT2D eigenvalue weighted by Gasteiger charge is 2.22. The van der Waals surface area contributed by atoms with Crippen LogP contribution < -0.4 is 16.0 Å². The fraction of sp³-hybridized carbons (Fsp3) is 0.421. The van der Waals surface area contributed by atoms with Gasteiger partial charge in [-0.2, -0.15) is 5.10 Å². The minimum atomic E-state index is -0.375. The lowest BCUT2D eigenvalue weighted by Gasteiger charge is -2.23. The normalized spacial score (nSPS) is 14.1. The number of carbonyl (C=O) groups excluding carboxylic acids is 2. The zero-order valence-electron chi connectivity index (χ0n) is 15.9. The molecule has 146 valence electrons. The molecule has 2 heterocycles. The van der Waals surface area contributed by atoms with Crippen LogP contribution in [0.15, 0.2) is 24.4 Å². The first-order valence-corrected chi connectivity index (χ1v) is 9.55. The molecule has 1 aromatic carbocycles. The van der Waals surface area contributed by atoms with Gasteiger partial charge in [0.2, 0.25) is 0 Å². The number of nitrogens with zero attached hydrogens (tertiary/aromatic N) is 1. The molecule has 3 rings (SSSR count). The van der Waals surface area contributed by atoms with Crippen molar-refractivity contribution in [3.05, 3.63) is 46.2 Å². The maximum atomic E-state index is 12.5. The summed E-state index contributed by atoms with van der Waals surface area (Å²) in [5, 5.41) is 15.8. The summed E-state index contributed by atoms with van der Waals surface area (Å²) < 4.78 is 0. The van der Waals surface area contributed by atoms with E-state index in [1.54, 1.807) is 25.1 Å². The Kier molecular flexibility index (Phi) is 7.82. The predicted octanol–water partition coefficient (Wildman–Crippen LogP) is 3.13. The van der Waals surface area contributed by atoms with Gasteiger partial charge in [0.15, 0.2) is 0 Å². The second-order valence-corrected chi connectivity index (χ2v) is 6.45. The Labute approximate surface area is 164 Å². The standard InChI is InChI=1S/C17H20ClN5O2.C2H6/c1-10-3-2-4-12(18)14(10)16(24)22-13-9-20-23-15(13)17(25)21-11-5-7-19-8-6-11;1-2/h2-4,9,11,19H,5-8H2,1H3,(H,20,23)(H,21,25)(H,22,24);1-2H3. The van der Waals surface area contributed by atoms with Crippen LogP contribution in [-0.2, 0) is 0 Å². The lowest BCUT2D eigenvalue weighted by atomic mass is 10.1. The molecule has 0 saturated carbocycles. The first-order valence-electron chi connectivity index (χ1n) is 9.17. The lowest BCUT2D eigenvalue weighted by Crippen LogP contribution is -2.43. The van der Waals surface area contributed by atoms with Crippen molar-refractivity contribution in [1.29, 1.82) is 0 Å². The number of rotatable bonds is 4. The van der Waals surface area contributed by atoms with E-state index < -0.39 is 0 Å². The van der Waals surface area contributed by atoms with Crippen LogP contribution in [0.4, 0.5) is 5.69 Å². The third-order valence-electron chi connectivity index (χ3n) is 4.24. The third kappa shape index (κ3) is 5.30. The number of carbonyl (C=O) groups is 2. The van der Waals surface area contributed by atoms with Gasteiger partial charge in [-0.15, -0.1) is 0 Å². The Balaban J connectivity index is 0.00000126. The number of piperidine rings is 1. The van der Waals surface area contributed by atoms with E-state index in [0.29, 0.717) is 16.3 Å². The van der Waals surface area contributed by atoms with E-state index in [0.717, 1.165) is 31.5 Å². The first-order chi connectivity index (χ1) is 13.1. The number of halogens is 1. The Bertz CT molecular complexity index is 764. The number of aromatic amines is 1. The monoisotopic (exact) mass is 391 g/mol. The molecule has 8 heteroatoms. The van der Waals surface area contributed by atoms with E-state index in [1.165, 1.54) is 6.20 Å². The van der Waals surface area contributed by atoms with Crippen molar-refractivity contribution in [3.63, 3.8) is 0 Å². The average molecular weight is 392 g/mol. The number of nitrogens with one attached hydrogen (secondary N) is 4. The minimum Gasteiger partial charge on any atom is -0.348 e. The highest BCUT2D eigenvalue weighted by molar-refractivity contribution is 6.34. The van der Waals surface area contributed by atoms with E-state index in [9.17, 15) is 9.59 Å². The molecule has 1 aromatic heterocycles. The maximum Gasteiger partial charge on any atom is 0.271 e. The molecular weight excluding hydrogens is 366 g/mol. The van der Waals surface area contributed by atoms with E-state index in [1.807, 2.05) is 13.8 Å². The van der Waals surface area contributed by atoms with Crippen LogP contribution in [0, 0.1) is 6.92 Å². The van der Waals surface area contributed by atoms with Gasteiger partial charge in [0.1, 0.15) is 5.69 Å². The van der Waals surface area contributed by atoms with E-state index >= 15 is 0 Å². The smallest absolute Gasteiger partial charge is 0.271 e. The molecule has 0 spiro atoms. The quantitative estimate of drug-likeness (QED) is 0.643. The molecular formula is C19H26ClN5O2. The highest BCUT2D eigenvalue weighted by Crippen LogP contribution is 2.22. The summed E-state index contributed by atoms with van der Waals surface area (Å²) >= 11 is 6.13. The Hall–Kier alpha value is -2.38. The minimum absolute atomic E-state index is 0.117. The van der Waals surface area contributed by atoms with Crippen LogP contribution in [-0.4, -0.2) is 41.1 Å². The van der Waals surface area contributed by atoms with Crippen LogP contribution in [0.5, 0.6) is 0 Å². The first kappa shape index (κ1) is 20.9. The number of aryl methyl sites for hydroxylation is 1. The number of benzene rings is 1. The van der Waals surface area contributed by atoms with Gasteiger partial charge in [0, 0.05) is 6.04 Å². The SMILES string of the molecule is CC.Cc1cccc(Cl)c1C(=O)Nc1cn[nH]c1C(=O)NC1CCNCC1. The van der Waals surface area contributed by atoms with Crippen molar-refractivity contribution in [2.45, 2.75) is 39.7 Å². The Morgan fingerprint density at radius 3 is 2.56 bits per heavy atom. The average Bonchev–Trinajstić information content (AvgIpc) is 3.12. The van der Waals surface area contributed by atoms with Gasteiger partial charge in [-0.3, -0.25) is 14.7 Å². The van der Waals surface area contributed by atoms with Crippen LogP contribution in [0.3, 0.4) is 0 Å². The van der Waals surface area contributed by atoms with Crippen molar-refractivity contribution < 1.29 is 9.59 Å². The van der Waals surface area contributed by atoms with Crippen LogP contribution in [0.25, 0.3) is 0 Å². The lowest BCUT2D eigenvalue weighted by molar-refractivity contribution is 0.0925. The number of aromatic nitrogens is 2. The molecule has 27 heavy (non-hydrogen) atoms. The molecule has 2 aromatic rings. The van der Waals surface area contributed by atoms with Crippen LogP contribution >= 0.6 is 11.6 Å². The number of hydrogen-bond acceptors (Lipinski definition) is 4. The molecule has 0 radical (unpaired) electrons. The van der Waals surface area contributed by atoms with E-state index in [4.69, 9.17) is 11.6 Å². The molecule has 1 saturated heterocycles. The van der Waals surface area contributed by atoms with Crippen molar-refractivity contribution >= 4 is 29.1 Å². The predicted molar refractivity (Wildman–Crippen MR) is 107 cm³/mol. The second-order valence-electron chi connectivity index (χ2n) is 6.04. The molecule has 1 aliphatic rings. The number of hydrogen-bond donors (Lipinski definition) is 4. The van der Waals surface area contributed by atoms with Gasteiger partial charge in [-0.25, -0.2) is 0 Å². The van der Waals surface area contributed by atoms with Crippen LogP contribution in [0.1, 0.15) is 53.1 Å². The number of H-pyrrole nitrogens is 1. The molecule has 2 amide bonds. The fourth-order valence-electron chi connectivity index (χ4n) is 2.88. The Morgan fingerprint density at radius 1 is 1.19 bits per heavy atom. The van der Waals surface area contributed by atoms with Crippen LogP contribution in [0.2, 0.25) is 5.02 Å².